The molecule has 0 aliphatic carbocycles. The lowest BCUT2D eigenvalue weighted by Crippen LogP contribution is -2.12. The first kappa shape index (κ1) is 23.8. The van der Waals surface area contributed by atoms with Gasteiger partial charge in [0, 0.05) is 16.9 Å². The van der Waals surface area contributed by atoms with Crippen molar-refractivity contribution in [2.45, 2.75) is 24.8 Å². The van der Waals surface area contributed by atoms with E-state index in [4.69, 9.17) is 16.0 Å². The minimum absolute atomic E-state index is 0.213. The molecule has 0 atom stereocenters. The second-order valence-electron chi connectivity index (χ2n) is 8.13. The summed E-state index contributed by atoms with van der Waals surface area (Å²) in [5, 5.41) is 12.9. The predicted molar refractivity (Wildman–Crippen MR) is 142 cm³/mol. The van der Waals surface area contributed by atoms with Crippen molar-refractivity contribution in [1.29, 1.82) is 0 Å². The van der Waals surface area contributed by atoms with Crippen molar-refractivity contribution in [3.63, 3.8) is 0 Å². The average Bonchev–Trinajstić information content (AvgIpc) is 3.53. The third kappa shape index (κ3) is 5.05. The fraction of sp³-hybridized carbons (Fsp3) is 0.111. The van der Waals surface area contributed by atoms with Gasteiger partial charge in [-0.2, -0.15) is 0 Å². The van der Waals surface area contributed by atoms with Gasteiger partial charge < -0.3 is 9.73 Å². The van der Waals surface area contributed by atoms with Crippen LogP contribution in [-0.2, 0) is 5.75 Å². The summed E-state index contributed by atoms with van der Waals surface area (Å²) in [6.45, 7) is 4.03. The summed E-state index contributed by atoms with van der Waals surface area (Å²) >= 11 is 7.86. The fourth-order valence-corrected chi connectivity index (χ4v) is 4.64. The zero-order valence-electron chi connectivity index (χ0n) is 19.6. The molecule has 5 aromatic rings. The van der Waals surface area contributed by atoms with E-state index in [0.29, 0.717) is 33.3 Å². The topological polar surface area (TPSA) is 85.8 Å². The molecule has 0 saturated carbocycles. The fourth-order valence-electron chi connectivity index (χ4n) is 3.61. The number of para-hydroxylation sites is 1. The highest BCUT2D eigenvalue weighted by atomic mass is 35.5. The normalized spacial score (nSPS) is 11.0. The summed E-state index contributed by atoms with van der Waals surface area (Å²) in [5.41, 5.74) is 4.87. The molecule has 1 amide bonds. The minimum Gasteiger partial charge on any atom is -0.447 e. The molecule has 2 aromatic heterocycles. The SMILES string of the molecule is Cc1ccc(NC(=O)c2coc(CSc3nnc(-c4ccccc4Cl)n3-c3ccccc3)n2)cc1C. The molecule has 36 heavy (non-hydrogen) atoms. The quantitative estimate of drug-likeness (QED) is 0.242. The largest absolute Gasteiger partial charge is 0.447 e. The smallest absolute Gasteiger partial charge is 0.277 e. The summed E-state index contributed by atoms with van der Waals surface area (Å²) in [6, 6.07) is 23.1. The van der Waals surface area contributed by atoms with Crippen LogP contribution < -0.4 is 5.32 Å². The average molecular weight is 516 g/mol. The van der Waals surface area contributed by atoms with Crippen LogP contribution >= 0.6 is 23.4 Å². The Morgan fingerprint density at radius 3 is 2.56 bits per heavy atom. The van der Waals surface area contributed by atoms with Crippen molar-refractivity contribution >= 4 is 35.0 Å². The molecule has 0 aliphatic heterocycles. The Balaban J connectivity index is 1.35. The number of aromatic nitrogens is 4. The van der Waals surface area contributed by atoms with Crippen molar-refractivity contribution < 1.29 is 9.21 Å². The number of nitrogens with one attached hydrogen (secondary N) is 1. The number of carbonyl (C=O) groups excluding carboxylic acids is 1. The first-order valence-corrected chi connectivity index (χ1v) is 12.6. The van der Waals surface area contributed by atoms with Gasteiger partial charge in [0.05, 0.1) is 10.8 Å². The number of anilines is 1. The van der Waals surface area contributed by atoms with Gasteiger partial charge >= 0.3 is 0 Å². The number of carbonyl (C=O) groups is 1. The Bertz CT molecular complexity index is 1530. The molecule has 0 radical (unpaired) electrons. The number of amides is 1. The highest BCUT2D eigenvalue weighted by molar-refractivity contribution is 7.98. The van der Waals surface area contributed by atoms with Crippen LogP contribution in [0.1, 0.15) is 27.5 Å². The number of benzene rings is 3. The number of oxazole rings is 1. The van der Waals surface area contributed by atoms with Gasteiger partial charge in [0.1, 0.15) is 6.26 Å². The number of rotatable bonds is 7. The van der Waals surface area contributed by atoms with Gasteiger partial charge in [-0.3, -0.25) is 9.36 Å². The van der Waals surface area contributed by atoms with Gasteiger partial charge in [0.25, 0.3) is 5.91 Å². The van der Waals surface area contributed by atoms with E-state index < -0.39 is 0 Å². The third-order valence-corrected chi connectivity index (χ3v) is 6.88. The molecule has 0 fully saturated rings. The van der Waals surface area contributed by atoms with E-state index in [1.165, 1.54) is 18.0 Å². The number of nitrogens with zero attached hydrogens (tertiary/aromatic N) is 4. The van der Waals surface area contributed by atoms with E-state index in [9.17, 15) is 4.79 Å². The summed E-state index contributed by atoms with van der Waals surface area (Å²) < 4.78 is 7.52. The molecular formula is C27H22ClN5O2S. The van der Waals surface area contributed by atoms with Crippen LogP contribution in [0.15, 0.2) is 88.6 Å². The Morgan fingerprint density at radius 2 is 1.78 bits per heavy atom. The molecule has 0 unspecified atom stereocenters. The number of hydrogen-bond donors (Lipinski definition) is 1. The second-order valence-corrected chi connectivity index (χ2v) is 9.48. The molecule has 7 nitrogen and oxygen atoms in total. The Labute approximate surface area is 217 Å². The van der Waals surface area contributed by atoms with Crippen LogP contribution in [0, 0.1) is 13.8 Å². The number of hydrogen-bond acceptors (Lipinski definition) is 6. The molecule has 0 saturated heterocycles. The van der Waals surface area contributed by atoms with Gasteiger partial charge in [-0.1, -0.05) is 59.8 Å². The van der Waals surface area contributed by atoms with Crippen LogP contribution in [-0.4, -0.2) is 25.7 Å². The molecular weight excluding hydrogens is 494 g/mol. The van der Waals surface area contributed by atoms with Crippen LogP contribution in [0.25, 0.3) is 17.1 Å². The Kier molecular flexibility index (Phi) is 6.88. The first-order chi connectivity index (χ1) is 17.5. The van der Waals surface area contributed by atoms with Crippen LogP contribution in [0.4, 0.5) is 5.69 Å². The van der Waals surface area contributed by atoms with E-state index in [1.54, 1.807) is 0 Å². The van der Waals surface area contributed by atoms with Crippen molar-refractivity contribution in [1.82, 2.24) is 19.7 Å². The van der Waals surface area contributed by atoms with Crippen molar-refractivity contribution in [2.75, 3.05) is 5.32 Å². The van der Waals surface area contributed by atoms with Gasteiger partial charge in [-0.15, -0.1) is 10.2 Å². The zero-order chi connectivity index (χ0) is 25.1. The molecule has 2 heterocycles. The van der Waals surface area contributed by atoms with Crippen molar-refractivity contribution in [3.05, 3.63) is 107 Å². The highest BCUT2D eigenvalue weighted by Gasteiger charge is 2.19. The molecule has 1 N–H and O–H groups in total. The predicted octanol–water partition coefficient (Wildman–Crippen LogP) is 6.74. The van der Waals surface area contributed by atoms with Crippen LogP contribution in [0.3, 0.4) is 0 Å². The lowest BCUT2D eigenvalue weighted by atomic mass is 10.1. The molecule has 5 rings (SSSR count). The van der Waals surface area contributed by atoms with Crippen molar-refractivity contribution in [3.8, 4) is 17.1 Å². The third-order valence-electron chi connectivity index (χ3n) is 5.64. The Hall–Kier alpha value is -3.88. The van der Waals surface area contributed by atoms with Gasteiger partial charge in [-0.25, -0.2) is 4.98 Å². The maximum absolute atomic E-state index is 12.6. The second kappa shape index (κ2) is 10.4. The van der Waals surface area contributed by atoms with Gasteiger partial charge in [-0.05, 0) is 61.4 Å². The van der Waals surface area contributed by atoms with E-state index in [0.717, 1.165) is 22.4 Å². The maximum atomic E-state index is 12.6. The van der Waals surface area contributed by atoms with E-state index in [-0.39, 0.29) is 11.6 Å². The van der Waals surface area contributed by atoms with Gasteiger partial charge in [0.2, 0.25) is 5.89 Å². The molecule has 3 aromatic carbocycles. The summed E-state index contributed by atoms with van der Waals surface area (Å²) in [4.78, 5) is 17.0. The first-order valence-electron chi connectivity index (χ1n) is 11.2. The monoisotopic (exact) mass is 515 g/mol. The van der Waals surface area contributed by atoms with Crippen molar-refractivity contribution in [2.24, 2.45) is 0 Å². The standard InChI is InChI=1S/C27H22ClN5O2S/c1-17-12-13-19(14-18(17)2)29-26(34)23-15-35-24(30-23)16-36-27-32-31-25(21-10-6-7-11-22(21)28)33(27)20-8-4-3-5-9-20/h3-15H,16H2,1-2H3,(H,29,34). The summed E-state index contributed by atoms with van der Waals surface area (Å²) in [7, 11) is 0. The number of halogens is 1. The summed E-state index contributed by atoms with van der Waals surface area (Å²) in [5.74, 6) is 1.08. The molecule has 0 aliphatic rings. The lowest BCUT2D eigenvalue weighted by Gasteiger charge is -2.10. The van der Waals surface area contributed by atoms with E-state index in [1.807, 2.05) is 91.2 Å². The number of aryl methyl sites for hydroxylation is 2. The summed E-state index contributed by atoms with van der Waals surface area (Å²) in [6.07, 6.45) is 1.36. The zero-order valence-corrected chi connectivity index (χ0v) is 21.2. The Morgan fingerprint density at radius 1 is 1.00 bits per heavy atom. The molecule has 180 valence electrons. The van der Waals surface area contributed by atoms with Crippen LogP contribution in [0.5, 0.6) is 0 Å². The highest BCUT2D eigenvalue weighted by Crippen LogP contribution is 2.32. The maximum Gasteiger partial charge on any atom is 0.277 e. The molecule has 0 spiro atoms. The van der Waals surface area contributed by atoms with Gasteiger partial charge in [0.15, 0.2) is 16.7 Å². The van der Waals surface area contributed by atoms with E-state index >= 15 is 0 Å². The minimum atomic E-state index is -0.327. The molecule has 0 bridgehead atoms. The van der Waals surface area contributed by atoms with Crippen LogP contribution in [0.2, 0.25) is 5.02 Å². The van der Waals surface area contributed by atoms with E-state index in [2.05, 4.69) is 20.5 Å². The lowest BCUT2D eigenvalue weighted by molar-refractivity contribution is 0.102. The number of thioether (sulfide) groups is 1. The molecule has 9 heteroatoms.